The molecule has 10 nitrogen and oxygen atoms in total. The molecule has 2 aromatic heterocycles. The summed E-state index contributed by atoms with van der Waals surface area (Å²) in [4.78, 5) is 54.6. The SMILES string of the molecule is COC(=O)NC(CCC=CC(=O)N(C)C)C(=O)Nc1cccn(Cc2cc3c(CC(C)C)cccc3[nH]2)c1=O. The molecule has 0 radical (unpaired) electrons. The van der Waals surface area contributed by atoms with Gasteiger partial charge in [-0.3, -0.25) is 14.4 Å². The van der Waals surface area contributed by atoms with Gasteiger partial charge in [0.05, 0.1) is 13.7 Å². The molecule has 0 aliphatic carbocycles. The molecule has 0 aliphatic heterocycles. The number of H-pyrrole nitrogens is 1. The van der Waals surface area contributed by atoms with E-state index in [1.54, 1.807) is 32.4 Å². The van der Waals surface area contributed by atoms with Gasteiger partial charge in [0, 0.05) is 36.9 Å². The van der Waals surface area contributed by atoms with Gasteiger partial charge in [-0.25, -0.2) is 4.79 Å². The maximum Gasteiger partial charge on any atom is 0.407 e. The number of benzene rings is 1. The van der Waals surface area contributed by atoms with Crippen molar-refractivity contribution in [3.8, 4) is 0 Å². The van der Waals surface area contributed by atoms with E-state index in [0.29, 0.717) is 18.9 Å². The molecule has 3 aromatic rings. The number of aromatic amines is 1. The highest BCUT2D eigenvalue weighted by Crippen LogP contribution is 2.23. The van der Waals surface area contributed by atoms with Crippen molar-refractivity contribution in [3.05, 3.63) is 76.4 Å². The molecule has 1 unspecified atom stereocenters. The molecular formula is C29H37N5O5. The Morgan fingerprint density at radius 1 is 1.15 bits per heavy atom. The van der Waals surface area contributed by atoms with Crippen molar-refractivity contribution < 1.29 is 19.1 Å². The fourth-order valence-electron chi connectivity index (χ4n) is 4.20. The van der Waals surface area contributed by atoms with Gasteiger partial charge in [-0.1, -0.05) is 32.1 Å². The maximum atomic E-state index is 13.2. The summed E-state index contributed by atoms with van der Waals surface area (Å²) in [5.74, 6) is -0.231. The lowest BCUT2D eigenvalue weighted by atomic mass is 10.00. The molecule has 2 heterocycles. The summed E-state index contributed by atoms with van der Waals surface area (Å²) >= 11 is 0. The van der Waals surface area contributed by atoms with Crippen LogP contribution in [-0.4, -0.2) is 59.6 Å². The minimum absolute atomic E-state index is 0.0918. The number of aromatic nitrogens is 2. The topological polar surface area (TPSA) is 126 Å². The Bertz CT molecular complexity index is 1400. The van der Waals surface area contributed by atoms with Crippen LogP contribution in [0, 0.1) is 5.92 Å². The number of carbonyl (C=O) groups excluding carboxylic acids is 3. The summed E-state index contributed by atoms with van der Waals surface area (Å²) < 4.78 is 6.16. The second-order valence-corrected chi connectivity index (χ2v) is 10.0. The Hall–Kier alpha value is -4.34. The highest BCUT2D eigenvalue weighted by atomic mass is 16.5. The van der Waals surface area contributed by atoms with Crippen molar-refractivity contribution in [1.82, 2.24) is 19.8 Å². The van der Waals surface area contributed by atoms with Crippen LogP contribution in [0.4, 0.5) is 10.5 Å². The number of pyridine rings is 1. The molecule has 0 spiro atoms. The third-order valence-corrected chi connectivity index (χ3v) is 6.17. The first kappa shape index (κ1) is 29.2. The molecule has 3 N–H and O–H groups in total. The van der Waals surface area contributed by atoms with E-state index in [4.69, 9.17) is 0 Å². The molecule has 0 saturated heterocycles. The van der Waals surface area contributed by atoms with E-state index in [2.05, 4.69) is 46.3 Å². The quantitative estimate of drug-likeness (QED) is 0.323. The number of ether oxygens (including phenoxy) is 1. The average molecular weight is 536 g/mol. The molecule has 0 saturated carbocycles. The Morgan fingerprint density at radius 3 is 2.62 bits per heavy atom. The second kappa shape index (κ2) is 13.5. The van der Waals surface area contributed by atoms with Crippen molar-refractivity contribution >= 4 is 34.5 Å². The molecule has 0 aliphatic rings. The van der Waals surface area contributed by atoms with Crippen LogP contribution in [0.5, 0.6) is 0 Å². The molecule has 1 atom stereocenters. The smallest absolute Gasteiger partial charge is 0.407 e. The minimum Gasteiger partial charge on any atom is -0.453 e. The number of allylic oxidation sites excluding steroid dienone is 1. The van der Waals surface area contributed by atoms with Crippen LogP contribution < -0.4 is 16.2 Å². The number of alkyl carbamates (subject to hydrolysis) is 1. The Morgan fingerprint density at radius 2 is 1.92 bits per heavy atom. The monoisotopic (exact) mass is 535 g/mol. The van der Waals surface area contributed by atoms with Gasteiger partial charge in [0.2, 0.25) is 11.8 Å². The lowest BCUT2D eigenvalue weighted by molar-refractivity contribution is -0.123. The number of rotatable bonds is 11. The number of methoxy groups -OCH3 is 1. The number of amides is 3. The summed E-state index contributed by atoms with van der Waals surface area (Å²) in [6, 6.07) is 10.5. The number of likely N-dealkylation sites (N-methyl/N-ethyl adjacent to an activating group) is 1. The third-order valence-electron chi connectivity index (χ3n) is 6.17. The number of fused-ring (bicyclic) bond motifs is 1. The number of carbonyl (C=O) groups is 3. The molecule has 39 heavy (non-hydrogen) atoms. The van der Waals surface area contributed by atoms with E-state index in [-0.39, 0.29) is 23.6 Å². The maximum absolute atomic E-state index is 13.2. The molecule has 3 amide bonds. The van der Waals surface area contributed by atoms with Crippen LogP contribution in [0.2, 0.25) is 0 Å². The second-order valence-electron chi connectivity index (χ2n) is 10.0. The standard InChI is InChI=1S/C29H37N5O5/c1-19(2)16-20-10-8-12-23-22(20)17-21(30-23)18-34-15-9-13-25(28(34)37)31-27(36)24(32-29(38)39-5)11-6-7-14-26(35)33(3)4/h7-10,12-15,17,19,24,30H,6,11,16,18H2,1-5H3,(H,31,36)(H,32,38). The Balaban J connectivity index is 1.75. The van der Waals surface area contributed by atoms with Gasteiger partial charge in [0.25, 0.3) is 5.56 Å². The summed E-state index contributed by atoms with van der Waals surface area (Å²) in [6.07, 6.45) is 5.42. The van der Waals surface area contributed by atoms with E-state index in [1.165, 1.54) is 34.3 Å². The molecule has 10 heteroatoms. The lowest BCUT2D eigenvalue weighted by Crippen LogP contribution is -2.44. The van der Waals surface area contributed by atoms with Gasteiger partial charge in [-0.2, -0.15) is 0 Å². The lowest BCUT2D eigenvalue weighted by Gasteiger charge is -2.17. The number of nitrogens with zero attached hydrogens (tertiary/aromatic N) is 2. The Kier molecular flexibility index (Phi) is 10.1. The number of nitrogens with one attached hydrogen (secondary N) is 3. The predicted molar refractivity (Wildman–Crippen MR) is 152 cm³/mol. The predicted octanol–water partition coefficient (Wildman–Crippen LogP) is 3.66. The average Bonchev–Trinajstić information content (AvgIpc) is 3.31. The fraction of sp³-hybridized carbons (Fsp3) is 0.379. The molecule has 0 bridgehead atoms. The van der Waals surface area contributed by atoms with Crippen molar-refractivity contribution in [2.45, 2.75) is 45.7 Å². The Labute approximate surface area is 228 Å². The van der Waals surface area contributed by atoms with Gasteiger partial charge < -0.3 is 29.8 Å². The molecular weight excluding hydrogens is 498 g/mol. The third kappa shape index (κ3) is 8.07. The molecule has 1 aromatic carbocycles. The van der Waals surface area contributed by atoms with Crippen molar-refractivity contribution in [2.24, 2.45) is 5.92 Å². The van der Waals surface area contributed by atoms with Gasteiger partial charge in [-0.05, 0) is 61.1 Å². The van der Waals surface area contributed by atoms with Crippen LogP contribution in [0.15, 0.2) is 59.5 Å². The van der Waals surface area contributed by atoms with Crippen LogP contribution in [0.25, 0.3) is 10.9 Å². The zero-order valence-electron chi connectivity index (χ0n) is 23.1. The fourth-order valence-corrected chi connectivity index (χ4v) is 4.20. The van der Waals surface area contributed by atoms with E-state index in [1.807, 2.05) is 12.1 Å². The number of hydrogen-bond donors (Lipinski definition) is 3. The number of hydrogen-bond acceptors (Lipinski definition) is 5. The van der Waals surface area contributed by atoms with Crippen LogP contribution in [0.1, 0.15) is 37.9 Å². The highest BCUT2D eigenvalue weighted by molar-refractivity contribution is 5.96. The van der Waals surface area contributed by atoms with Crippen molar-refractivity contribution in [3.63, 3.8) is 0 Å². The highest BCUT2D eigenvalue weighted by Gasteiger charge is 2.22. The molecule has 3 rings (SSSR count). The van der Waals surface area contributed by atoms with Crippen molar-refractivity contribution in [1.29, 1.82) is 0 Å². The number of anilines is 1. The van der Waals surface area contributed by atoms with Gasteiger partial charge in [0.15, 0.2) is 0 Å². The van der Waals surface area contributed by atoms with E-state index in [0.717, 1.165) is 23.0 Å². The van der Waals surface area contributed by atoms with E-state index >= 15 is 0 Å². The van der Waals surface area contributed by atoms with Gasteiger partial charge in [0.1, 0.15) is 11.7 Å². The summed E-state index contributed by atoms with van der Waals surface area (Å²) in [5, 5.41) is 6.26. The molecule has 0 fully saturated rings. The van der Waals surface area contributed by atoms with Crippen LogP contribution >= 0.6 is 0 Å². The van der Waals surface area contributed by atoms with Gasteiger partial charge >= 0.3 is 6.09 Å². The first-order valence-electron chi connectivity index (χ1n) is 12.9. The summed E-state index contributed by atoms with van der Waals surface area (Å²) in [7, 11) is 4.47. The normalized spacial score (nSPS) is 12.1. The zero-order valence-corrected chi connectivity index (χ0v) is 23.1. The van der Waals surface area contributed by atoms with E-state index < -0.39 is 18.0 Å². The largest absolute Gasteiger partial charge is 0.453 e. The van der Waals surface area contributed by atoms with Crippen molar-refractivity contribution in [2.75, 3.05) is 26.5 Å². The van der Waals surface area contributed by atoms with Gasteiger partial charge in [-0.15, -0.1) is 0 Å². The summed E-state index contributed by atoms with van der Waals surface area (Å²) in [6.45, 7) is 4.66. The van der Waals surface area contributed by atoms with Crippen LogP contribution in [0.3, 0.4) is 0 Å². The minimum atomic E-state index is -0.974. The first-order valence-corrected chi connectivity index (χ1v) is 12.9. The first-order chi connectivity index (χ1) is 18.6. The summed E-state index contributed by atoms with van der Waals surface area (Å²) in [5.41, 5.74) is 2.85. The molecule has 208 valence electrons. The van der Waals surface area contributed by atoms with Crippen LogP contribution in [-0.2, 0) is 27.3 Å². The van der Waals surface area contributed by atoms with E-state index in [9.17, 15) is 19.2 Å². The zero-order chi connectivity index (χ0) is 28.5.